The number of carboxylic acids is 1. The number of nitrogens with zero attached hydrogens (tertiary/aromatic N) is 1. The minimum atomic E-state index is -1.18. The predicted molar refractivity (Wildman–Crippen MR) is 80.9 cm³/mol. The molecule has 0 spiro atoms. The number of benzene rings is 1. The van der Waals surface area contributed by atoms with Crippen LogP contribution in [0.2, 0.25) is 5.02 Å². The van der Waals surface area contributed by atoms with E-state index in [1.807, 2.05) is 0 Å². The average Bonchev–Trinajstić information content (AvgIpc) is 2.71. The molecule has 0 unspecified atom stereocenters. The minimum Gasteiger partial charge on any atom is -0.478 e. The largest absolute Gasteiger partial charge is 0.478 e. The standard InChI is InChI=1S/C16H16ClNO4/c1-8-2-4-10-11(6-8)15(20)18(14(10)19)9-3-5-13(17)12(7-9)16(21)22/h3,5,7-8,10-11H,2,4,6H2,1H3,(H,21,22)/t8-,10-,11+/m1/s1. The van der Waals surface area contributed by atoms with Crippen LogP contribution in [0.5, 0.6) is 0 Å². The van der Waals surface area contributed by atoms with E-state index < -0.39 is 5.97 Å². The summed E-state index contributed by atoms with van der Waals surface area (Å²) >= 11 is 5.84. The van der Waals surface area contributed by atoms with Gasteiger partial charge in [-0.25, -0.2) is 4.79 Å². The summed E-state index contributed by atoms with van der Waals surface area (Å²) in [6, 6.07) is 4.22. The van der Waals surface area contributed by atoms with Crippen molar-refractivity contribution in [3.05, 3.63) is 28.8 Å². The number of aromatic carboxylic acids is 1. The highest BCUT2D eigenvalue weighted by Crippen LogP contribution is 2.42. The van der Waals surface area contributed by atoms with Crippen LogP contribution in [0.4, 0.5) is 5.69 Å². The van der Waals surface area contributed by atoms with E-state index in [0.717, 1.165) is 11.3 Å². The summed E-state index contributed by atoms with van der Waals surface area (Å²) in [4.78, 5) is 37.4. The Labute approximate surface area is 132 Å². The van der Waals surface area contributed by atoms with Crippen LogP contribution in [0.15, 0.2) is 18.2 Å². The van der Waals surface area contributed by atoms with Gasteiger partial charge in [-0.1, -0.05) is 18.5 Å². The maximum absolute atomic E-state index is 12.6. The zero-order valence-electron chi connectivity index (χ0n) is 12.1. The molecule has 0 bridgehead atoms. The van der Waals surface area contributed by atoms with Gasteiger partial charge in [-0.3, -0.25) is 14.5 Å². The lowest BCUT2D eigenvalue weighted by molar-refractivity contribution is -0.122. The van der Waals surface area contributed by atoms with Gasteiger partial charge in [0.1, 0.15) is 0 Å². The fraction of sp³-hybridized carbons (Fsp3) is 0.438. The van der Waals surface area contributed by atoms with E-state index in [1.165, 1.54) is 18.2 Å². The van der Waals surface area contributed by atoms with Crippen LogP contribution in [-0.2, 0) is 9.59 Å². The SMILES string of the molecule is C[C@@H]1CC[C@H]2C(=O)N(c3ccc(Cl)c(C(=O)O)c3)C(=O)[C@H]2C1. The third kappa shape index (κ3) is 2.29. The summed E-state index contributed by atoms with van der Waals surface area (Å²) in [6.07, 6.45) is 2.37. The number of carbonyl (C=O) groups is 3. The molecule has 6 heteroatoms. The maximum atomic E-state index is 12.6. The highest BCUT2D eigenvalue weighted by molar-refractivity contribution is 6.34. The van der Waals surface area contributed by atoms with E-state index in [4.69, 9.17) is 16.7 Å². The van der Waals surface area contributed by atoms with Crippen molar-refractivity contribution >= 4 is 35.1 Å². The van der Waals surface area contributed by atoms with Crippen molar-refractivity contribution in [3.63, 3.8) is 0 Å². The van der Waals surface area contributed by atoms with E-state index in [2.05, 4.69) is 6.92 Å². The summed E-state index contributed by atoms with van der Waals surface area (Å²) in [5.74, 6) is -1.75. The lowest BCUT2D eigenvalue weighted by Gasteiger charge is -2.25. The molecule has 0 aromatic heterocycles. The number of imide groups is 1. The Bertz CT molecular complexity index is 672. The molecule has 1 N–H and O–H groups in total. The first kappa shape index (κ1) is 15.0. The van der Waals surface area contributed by atoms with Crippen molar-refractivity contribution in [1.29, 1.82) is 0 Å². The molecule has 2 fully saturated rings. The first-order chi connectivity index (χ1) is 10.4. The third-order valence-electron chi connectivity index (χ3n) is 4.63. The zero-order chi connectivity index (χ0) is 16.0. The second-order valence-electron chi connectivity index (χ2n) is 6.11. The number of fused-ring (bicyclic) bond motifs is 1. The van der Waals surface area contributed by atoms with E-state index in [1.54, 1.807) is 0 Å². The molecule has 1 saturated carbocycles. The Morgan fingerprint density at radius 2 is 1.91 bits per heavy atom. The normalized spacial score (nSPS) is 27.9. The van der Waals surface area contributed by atoms with Gasteiger partial charge in [0.25, 0.3) is 0 Å². The Morgan fingerprint density at radius 1 is 1.23 bits per heavy atom. The lowest BCUT2D eigenvalue weighted by atomic mass is 9.76. The Kier molecular flexibility index (Phi) is 3.68. The van der Waals surface area contributed by atoms with Crippen molar-refractivity contribution in [2.45, 2.75) is 26.2 Å². The molecule has 1 aromatic rings. The number of hydrogen-bond acceptors (Lipinski definition) is 3. The Hall–Kier alpha value is -1.88. The van der Waals surface area contributed by atoms with Crippen LogP contribution >= 0.6 is 11.6 Å². The quantitative estimate of drug-likeness (QED) is 0.850. The van der Waals surface area contributed by atoms with Crippen LogP contribution in [-0.4, -0.2) is 22.9 Å². The lowest BCUT2D eigenvalue weighted by Crippen LogP contribution is -2.31. The Morgan fingerprint density at radius 3 is 2.59 bits per heavy atom. The van der Waals surface area contributed by atoms with Gasteiger partial charge in [0.15, 0.2) is 0 Å². The number of anilines is 1. The summed E-state index contributed by atoms with van der Waals surface area (Å²) in [7, 11) is 0. The average molecular weight is 322 g/mol. The molecule has 1 heterocycles. The van der Waals surface area contributed by atoms with Gasteiger partial charge in [-0.05, 0) is 43.4 Å². The van der Waals surface area contributed by atoms with Gasteiger partial charge in [0.05, 0.1) is 28.1 Å². The van der Waals surface area contributed by atoms with Crippen molar-refractivity contribution in [2.75, 3.05) is 4.90 Å². The van der Waals surface area contributed by atoms with Crippen LogP contribution in [0.25, 0.3) is 0 Å². The molecule has 3 atom stereocenters. The summed E-state index contributed by atoms with van der Waals surface area (Å²) < 4.78 is 0. The number of amides is 2. The van der Waals surface area contributed by atoms with E-state index in [0.29, 0.717) is 24.4 Å². The molecule has 1 aromatic carbocycles. The number of rotatable bonds is 2. The van der Waals surface area contributed by atoms with Crippen LogP contribution in [0.1, 0.15) is 36.5 Å². The number of halogens is 1. The fourth-order valence-electron chi connectivity index (χ4n) is 3.46. The molecule has 2 amide bonds. The molecular formula is C16H16ClNO4. The molecule has 1 saturated heterocycles. The molecule has 22 heavy (non-hydrogen) atoms. The van der Waals surface area contributed by atoms with Gasteiger partial charge >= 0.3 is 5.97 Å². The second-order valence-corrected chi connectivity index (χ2v) is 6.52. The highest BCUT2D eigenvalue weighted by atomic mass is 35.5. The van der Waals surface area contributed by atoms with Crippen molar-refractivity contribution < 1.29 is 19.5 Å². The van der Waals surface area contributed by atoms with E-state index in [9.17, 15) is 14.4 Å². The monoisotopic (exact) mass is 321 g/mol. The van der Waals surface area contributed by atoms with Crippen molar-refractivity contribution in [3.8, 4) is 0 Å². The molecule has 3 rings (SSSR count). The number of hydrogen-bond donors (Lipinski definition) is 1. The third-order valence-corrected chi connectivity index (χ3v) is 4.96. The smallest absolute Gasteiger partial charge is 0.337 e. The molecule has 0 radical (unpaired) electrons. The van der Waals surface area contributed by atoms with E-state index >= 15 is 0 Å². The van der Waals surface area contributed by atoms with Crippen LogP contribution < -0.4 is 4.90 Å². The van der Waals surface area contributed by atoms with Crippen molar-refractivity contribution in [1.82, 2.24) is 0 Å². The van der Waals surface area contributed by atoms with Gasteiger partial charge in [0.2, 0.25) is 11.8 Å². The predicted octanol–water partition coefficient (Wildman–Crippen LogP) is 2.96. The topological polar surface area (TPSA) is 74.7 Å². The van der Waals surface area contributed by atoms with Crippen LogP contribution in [0, 0.1) is 17.8 Å². The van der Waals surface area contributed by atoms with Gasteiger partial charge in [-0.15, -0.1) is 0 Å². The molecule has 5 nitrogen and oxygen atoms in total. The second kappa shape index (κ2) is 5.39. The molecule has 116 valence electrons. The summed E-state index contributed by atoms with van der Waals surface area (Å²) in [5, 5.41) is 9.22. The molecular weight excluding hydrogens is 306 g/mol. The first-order valence-electron chi connectivity index (χ1n) is 7.30. The minimum absolute atomic E-state index is 0.0846. The summed E-state index contributed by atoms with van der Waals surface area (Å²) in [5.41, 5.74) is 0.182. The van der Waals surface area contributed by atoms with Gasteiger partial charge < -0.3 is 5.11 Å². The Balaban J connectivity index is 1.98. The van der Waals surface area contributed by atoms with Gasteiger partial charge in [-0.2, -0.15) is 0 Å². The number of carbonyl (C=O) groups excluding carboxylic acids is 2. The van der Waals surface area contributed by atoms with E-state index in [-0.39, 0.29) is 34.2 Å². The maximum Gasteiger partial charge on any atom is 0.337 e. The zero-order valence-corrected chi connectivity index (χ0v) is 12.8. The summed E-state index contributed by atoms with van der Waals surface area (Å²) in [6.45, 7) is 2.08. The van der Waals surface area contributed by atoms with Crippen LogP contribution in [0.3, 0.4) is 0 Å². The fourth-order valence-corrected chi connectivity index (χ4v) is 3.66. The molecule has 1 aliphatic carbocycles. The number of carboxylic acid groups (broad SMARTS) is 1. The molecule has 1 aliphatic heterocycles. The van der Waals surface area contributed by atoms with Gasteiger partial charge in [0, 0.05) is 0 Å². The molecule has 2 aliphatic rings. The first-order valence-corrected chi connectivity index (χ1v) is 7.68. The van der Waals surface area contributed by atoms with Crippen molar-refractivity contribution in [2.24, 2.45) is 17.8 Å². The highest BCUT2D eigenvalue weighted by Gasteiger charge is 2.50.